The van der Waals surface area contributed by atoms with E-state index in [1.165, 1.54) is 41.2 Å². The largest absolute Gasteiger partial charge is 0.482 e. The van der Waals surface area contributed by atoms with Crippen LogP contribution in [-0.2, 0) is 23.2 Å². The van der Waals surface area contributed by atoms with Crippen molar-refractivity contribution >= 4 is 17.6 Å². The van der Waals surface area contributed by atoms with Gasteiger partial charge in [0, 0.05) is 0 Å². The number of carbonyl (C=O) groups excluding carboxylic acids is 2. The van der Waals surface area contributed by atoms with Gasteiger partial charge >= 0.3 is 12.0 Å². The molecule has 2 N–H and O–H groups in total. The molecule has 36 heavy (non-hydrogen) atoms. The zero-order valence-corrected chi connectivity index (χ0v) is 19.0. The minimum atomic E-state index is -4.13. The smallest absolute Gasteiger partial charge is 0.425 e. The zero-order chi connectivity index (χ0) is 25.5. The highest BCUT2D eigenvalue weighted by Gasteiger charge is 2.42. The third-order valence-corrected chi connectivity index (χ3v) is 4.92. The fourth-order valence-electron chi connectivity index (χ4n) is 3.28. The number of halogens is 2. The van der Waals surface area contributed by atoms with Crippen LogP contribution in [0.25, 0.3) is 0 Å². The molecular weight excluding hydrogens is 472 g/mol. The molecule has 4 rings (SSSR count). The topological polar surface area (TPSA) is 124 Å². The number of tetrazole rings is 1. The molecule has 1 atom stereocenters. The molecule has 0 radical (unpaired) electrons. The van der Waals surface area contributed by atoms with Crippen LogP contribution in [0.15, 0.2) is 78.9 Å². The number of para-hydroxylation sites is 1. The number of benzene rings is 2. The molecule has 0 bridgehead atoms. The highest BCUT2D eigenvalue weighted by atomic mass is 19.3. The predicted octanol–water partition coefficient (Wildman–Crippen LogP) is 2.66. The molecule has 2 aromatic heterocycles. The molecule has 0 saturated carbocycles. The van der Waals surface area contributed by atoms with E-state index in [0.717, 1.165) is 0 Å². The van der Waals surface area contributed by atoms with Crippen LogP contribution in [0, 0.1) is 0 Å². The second-order valence-corrected chi connectivity index (χ2v) is 7.60. The Morgan fingerprint density at radius 2 is 1.69 bits per heavy atom. The molecule has 2 aromatic carbocycles. The Hall–Kier alpha value is -4.74. The average Bonchev–Trinajstić information content (AvgIpc) is 3.29. The molecule has 2 amide bonds. The summed E-state index contributed by atoms with van der Waals surface area (Å²) in [5.74, 6) is -2.98. The highest BCUT2D eigenvalue weighted by Crippen LogP contribution is 2.23. The van der Waals surface area contributed by atoms with Gasteiger partial charge in [0.25, 0.3) is 0 Å². The van der Waals surface area contributed by atoms with Crippen molar-refractivity contribution in [2.75, 3.05) is 5.32 Å². The number of nitrogens with zero attached hydrogens (tertiary/aromatic N) is 5. The number of nitrogens with one attached hydrogen (secondary N) is 2. The Labute approximate surface area is 204 Å². The van der Waals surface area contributed by atoms with Crippen LogP contribution < -0.4 is 15.4 Å². The summed E-state index contributed by atoms with van der Waals surface area (Å²) in [6, 6.07) is 20.6. The lowest BCUT2D eigenvalue weighted by Gasteiger charge is -2.17. The summed E-state index contributed by atoms with van der Waals surface area (Å²) in [4.78, 5) is 30.5. The maximum absolute atomic E-state index is 14.2. The number of aryl methyl sites for hydroxylation is 1. The normalized spacial score (nSPS) is 12.0. The predicted molar refractivity (Wildman–Crippen MR) is 124 cm³/mol. The lowest BCUT2D eigenvalue weighted by atomic mass is 9.97. The summed E-state index contributed by atoms with van der Waals surface area (Å²) >= 11 is 0. The number of carbonyl (C=O) groups is 2. The van der Waals surface area contributed by atoms with Crippen LogP contribution in [-0.4, -0.2) is 43.1 Å². The average molecular weight is 493 g/mol. The number of alkyl halides is 2. The molecule has 0 aliphatic heterocycles. The molecule has 4 aromatic rings. The van der Waals surface area contributed by atoms with Crippen molar-refractivity contribution in [2.45, 2.75) is 18.6 Å². The standard InChI is InChI=1S/C24H21F2N7O3/c1-33-31-21(30-32-33)20(16-9-4-2-5-10-16)22(34)27-15-17-11-8-14-19(28-17)29-23(35)24(25,26)36-18-12-6-3-7-13-18/h2-14,20H,15H2,1H3,(H,27,34)(H,28,29,35). The van der Waals surface area contributed by atoms with Crippen molar-refractivity contribution in [3.63, 3.8) is 0 Å². The molecule has 0 fully saturated rings. The Morgan fingerprint density at radius 3 is 2.36 bits per heavy atom. The summed E-state index contributed by atoms with van der Waals surface area (Å²) in [6.07, 6.45) is -4.13. The number of hydrogen-bond donors (Lipinski definition) is 2. The lowest BCUT2D eigenvalue weighted by Crippen LogP contribution is -2.40. The number of amides is 2. The first-order valence-electron chi connectivity index (χ1n) is 10.8. The van der Waals surface area contributed by atoms with Crippen LogP contribution in [0.4, 0.5) is 14.6 Å². The van der Waals surface area contributed by atoms with E-state index in [2.05, 4.69) is 30.4 Å². The van der Waals surface area contributed by atoms with Crippen LogP contribution in [0.2, 0.25) is 0 Å². The monoisotopic (exact) mass is 493 g/mol. The molecule has 1 unspecified atom stereocenters. The second kappa shape index (κ2) is 10.7. The second-order valence-electron chi connectivity index (χ2n) is 7.60. The van der Waals surface area contributed by atoms with E-state index in [1.807, 2.05) is 11.4 Å². The number of hydrogen-bond acceptors (Lipinski definition) is 7. The van der Waals surface area contributed by atoms with Gasteiger partial charge in [-0.15, -0.1) is 10.2 Å². The summed E-state index contributed by atoms with van der Waals surface area (Å²) in [5.41, 5.74) is 0.991. The lowest BCUT2D eigenvalue weighted by molar-refractivity contribution is -0.187. The van der Waals surface area contributed by atoms with E-state index in [1.54, 1.807) is 43.4 Å². The number of pyridine rings is 1. The Balaban J connectivity index is 1.42. The van der Waals surface area contributed by atoms with Gasteiger partial charge in [0.1, 0.15) is 17.5 Å². The number of rotatable bonds is 9. The van der Waals surface area contributed by atoms with Gasteiger partial charge in [0.15, 0.2) is 5.82 Å². The summed E-state index contributed by atoms with van der Waals surface area (Å²) in [6.45, 7) is -0.0386. The van der Waals surface area contributed by atoms with Gasteiger partial charge in [-0.25, -0.2) is 4.98 Å². The first kappa shape index (κ1) is 24.4. The minimum absolute atomic E-state index is 0.0386. The molecule has 0 aliphatic carbocycles. The van der Waals surface area contributed by atoms with Crippen LogP contribution >= 0.6 is 0 Å². The maximum Gasteiger partial charge on any atom is 0.482 e. The maximum atomic E-state index is 14.2. The Morgan fingerprint density at radius 1 is 1.00 bits per heavy atom. The SMILES string of the molecule is Cn1nnc(C(C(=O)NCc2cccc(NC(=O)C(F)(F)Oc3ccccc3)n2)c2ccccc2)n1. The number of anilines is 1. The van der Waals surface area contributed by atoms with Gasteiger partial charge in [0.05, 0.1) is 19.3 Å². The minimum Gasteiger partial charge on any atom is -0.425 e. The van der Waals surface area contributed by atoms with E-state index in [-0.39, 0.29) is 23.9 Å². The van der Waals surface area contributed by atoms with Gasteiger partial charge in [-0.2, -0.15) is 13.6 Å². The van der Waals surface area contributed by atoms with Gasteiger partial charge in [-0.1, -0.05) is 54.6 Å². The third-order valence-electron chi connectivity index (χ3n) is 4.92. The van der Waals surface area contributed by atoms with Gasteiger partial charge in [-0.3, -0.25) is 9.59 Å². The molecule has 0 spiro atoms. The highest BCUT2D eigenvalue weighted by molar-refractivity contribution is 5.94. The van der Waals surface area contributed by atoms with Gasteiger partial charge in [-0.05, 0) is 35.0 Å². The quantitative estimate of drug-likeness (QED) is 0.367. The number of ether oxygens (including phenoxy) is 1. The summed E-state index contributed by atoms with van der Waals surface area (Å²) < 4.78 is 32.9. The molecule has 10 nitrogen and oxygen atoms in total. The first-order valence-corrected chi connectivity index (χ1v) is 10.8. The van der Waals surface area contributed by atoms with Crippen molar-refractivity contribution in [2.24, 2.45) is 7.05 Å². The molecule has 0 saturated heterocycles. The van der Waals surface area contributed by atoms with Crippen molar-refractivity contribution < 1.29 is 23.1 Å². The Kier molecular flexibility index (Phi) is 7.23. The third kappa shape index (κ3) is 6.03. The Bertz CT molecular complexity index is 1330. The van der Waals surface area contributed by atoms with E-state index in [9.17, 15) is 18.4 Å². The van der Waals surface area contributed by atoms with Gasteiger partial charge < -0.3 is 15.4 Å². The number of aromatic nitrogens is 5. The van der Waals surface area contributed by atoms with E-state index in [0.29, 0.717) is 11.3 Å². The van der Waals surface area contributed by atoms with E-state index in [4.69, 9.17) is 0 Å². The van der Waals surface area contributed by atoms with E-state index < -0.39 is 23.8 Å². The molecular formula is C24H21F2N7O3. The van der Waals surface area contributed by atoms with Crippen LogP contribution in [0.5, 0.6) is 5.75 Å². The summed E-state index contributed by atoms with van der Waals surface area (Å²) in [5, 5.41) is 16.7. The molecule has 0 aliphatic rings. The van der Waals surface area contributed by atoms with Crippen molar-refractivity contribution in [1.29, 1.82) is 0 Å². The van der Waals surface area contributed by atoms with Crippen LogP contribution in [0.3, 0.4) is 0 Å². The van der Waals surface area contributed by atoms with E-state index >= 15 is 0 Å². The molecule has 2 heterocycles. The van der Waals surface area contributed by atoms with Crippen molar-refractivity contribution in [3.05, 3.63) is 95.9 Å². The van der Waals surface area contributed by atoms with Crippen molar-refractivity contribution in [3.8, 4) is 5.75 Å². The molecule has 12 heteroatoms. The molecule has 184 valence electrons. The summed E-state index contributed by atoms with van der Waals surface area (Å²) in [7, 11) is 1.59. The zero-order valence-electron chi connectivity index (χ0n) is 19.0. The van der Waals surface area contributed by atoms with Crippen LogP contribution in [0.1, 0.15) is 23.0 Å². The first-order chi connectivity index (χ1) is 17.3. The van der Waals surface area contributed by atoms with Gasteiger partial charge in [0.2, 0.25) is 5.91 Å². The fourth-order valence-corrected chi connectivity index (χ4v) is 3.28. The fraction of sp³-hybridized carbons (Fsp3) is 0.167. The van der Waals surface area contributed by atoms with Crippen molar-refractivity contribution in [1.82, 2.24) is 30.5 Å².